The van der Waals surface area contributed by atoms with Crippen LogP contribution in [-0.4, -0.2) is 25.4 Å². The van der Waals surface area contributed by atoms with Crippen molar-refractivity contribution >= 4 is 27.8 Å². The van der Waals surface area contributed by atoms with Crippen LogP contribution in [0.1, 0.15) is 0 Å². The summed E-state index contributed by atoms with van der Waals surface area (Å²) in [6, 6.07) is 8.71. The quantitative estimate of drug-likeness (QED) is 0.683. The molecule has 0 bridgehead atoms. The van der Waals surface area contributed by atoms with E-state index < -0.39 is 11.0 Å². The first-order valence-corrected chi connectivity index (χ1v) is 7.62. The molecule has 1 unspecified atom stereocenters. The van der Waals surface area contributed by atoms with Gasteiger partial charge in [0.2, 0.25) is 0 Å². The van der Waals surface area contributed by atoms with Crippen LogP contribution in [0, 0.1) is 0 Å². The second kappa shape index (κ2) is 5.41. The number of hydrogen-bond acceptors (Lipinski definition) is 4. The normalized spacial score (nSPS) is 12.2. The van der Waals surface area contributed by atoms with E-state index >= 15 is 0 Å². The van der Waals surface area contributed by atoms with Gasteiger partial charge in [-0.2, -0.15) is 0 Å². The third-order valence-electron chi connectivity index (χ3n) is 2.71. The molecule has 21 heavy (non-hydrogen) atoms. The summed E-state index contributed by atoms with van der Waals surface area (Å²) in [5.74, 6) is 1.04. The van der Waals surface area contributed by atoms with Crippen LogP contribution in [0.2, 0.25) is 0 Å². The summed E-state index contributed by atoms with van der Waals surface area (Å²) >= 11 is 0. The molecule has 0 aliphatic carbocycles. The second-order valence-electron chi connectivity index (χ2n) is 4.30. The summed E-state index contributed by atoms with van der Waals surface area (Å²) in [4.78, 5) is 20.6. The number of imidazole rings is 1. The van der Waals surface area contributed by atoms with Crippen LogP contribution in [0.3, 0.4) is 0 Å². The molecule has 0 aliphatic rings. The van der Waals surface area contributed by atoms with Gasteiger partial charge in [0.05, 0.1) is 0 Å². The van der Waals surface area contributed by atoms with Gasteiger partial charge in [0.15, 0.2) is 11.4 Å². The van der Waals surface area contributed by atoms with Crippen molar-refractivity contribution in [1.82, 2.24) is 15.0 Å². The molecule has 2 aromatic heterocycles. The van der Waals surface area contributed by atoms with E-state index in [1.807, 2.05) is 0 Å². The van der Waals surface area contributed by atoms with Gasteiger partial charge >= 0.3 is 5.69 Å². The molecule has 0 fully saturated rings. The van der Waals surface area contributed by atoms with Crippen molar-refractivity contribution in [3.05, 3.63) is 47.0 Å². The third-order valence-corrected chi connectivity index (χ3v) is 3.23. The Morgan fingerprint density at radius 1 is 1.29 bits per heavy atom. The maximum atomic E-state index is 11.3. The molecule has 2 heterocycles. The van der Waals surface area contributed by atoms with E-state index in [9.17, 15) is 9.00 Å². The first-order chi connectivity index (χ1) is 10.1. The predicted molar refractivity (Wildman–Crippen MR) is 80.9 cm³/mol. The zero-order valence-corrected chi connectivity index (χ0v) is 11.9. The Bertz CT molecular complexity index is 871. The monoisotopic (exact) mass is 304 g/mol. The molecule has 0 radical (unpaired) electrons. The number of nitrogens with zero attached hydrogens (tertiary/aromatic N) is 1. The number of aromatic amines is 2. The van der Waals surface area contributed by atoms with Gasteiger partial charge in [-0.05, 0) is 12.1 Å². The van der Waals surface area contributed by atoms with E-state index in [4.69, 9.17) is 4.74 Å². The van der Waals surface area contributed by atoms with Gasteiger partial charge in [0.1, 0.15) is 22.3 Å². The van der Waals surface area contributed by atoms with Gasteiger partial charge in [-0.25, -0.2) is 14.0 Å². The maximum absolute atomic E-state index is 11.3. The van der Waals surface area contributed by atoms with Crippen LogP contribution in [0.25, 0.3) is 11.2 Å². The molecule has 3 aromatic rings. The molecular weight excluding hydrogens is 292 g/mol. The number of rotatable bonds is 4. The average molecular weight is 304 g/mol. The molecule has 7 nitrogen and oxygen atoms in total. The molecule has 0 saturated carbocycles. The van der Waals surface area contributed by atoms with E-state index in [-0.39, 0.29) is 5.69 Å². The van der Waals surface area contributed by atoms with Crippen LogP contribution in [0.5, 0.6) is 11.5 Å². The number of aromatic nitrogens is 3. The number of fused-ring (bicyclic) bond motifs is 1. The van der Waals surface area contributed by atoms with Crippen LogP contribution in [0.4, 0.5) is 5.69 Å². The molecule has 1 aromatic carbocycles. The topological polar surface area (TPSA) is 99.9 Å². The second-order valence-corrected chi connectivity index (χ2v) is 5.41. The molecule has 1 atom stereocenters. The van der Waals surface area contributed by atoms with Crippen molar-refractivity contribution in [2.24, 2.45) is 0 Å². The van der Waals surface area contributed by atoms with Crippen LogP contribution in [-0.2, 0) is 11.0 Å². The Morgan fingerprint density at radius 3 is 2.95 bits per heavy atom. The summed E-state index contributed by atoms with van der Waals surface area (Å²) in [5.41, 5.74) is 1.27. The molecule has 3 rings (SSSR count). The standard InChI is InChI=1S/C13H12N4O3S/c1-21(19)17-8-3-2-4-9(7-8)20-10-5-6-14-12-11(10)15-13(18)16-12/h2-7,17H,1H3,(H2,14,15,16,18). The highest BCUT2D eigenvalue weighted by Gasteiger charge is 2.08. The van der Waals surface area contributed by atoms with Crippen molar-refractivity contribution in [2.75, 3.05) is 11.0 Å². The highest BCUT2D eigenvalue weighted by atomic mass is 32.2. The zero-order valence-electron chi connectivity index (χ0n) is 11.0. The summed E-state index contributed by atoms with van der Waals surface area (Å²) in [6.07, 6.45) is 3.09. The fraction of sp³-hybridized carbons (Fsp3) is 0.0769. The highest BCUT2D eigenvalue weighted by molar-refractivity contribution is 7.85. The summed E-state index contributed by atoms with van der Waals surface area (Å²) in [7, 11) is -1.16. The van der Waals surface area contributed by atoms with Crippen molar-refractivity contribution in [1.29, 1.82) is 0 Å². The van der Waals surface area contributed by atoms with Gasteiger partial charge in [0.25, 0.3) is 0 Å². The molecule has 0 saturated heterocycles. The number of ether oxygens (including phenoxy) is 1. The zero-order chi connectivity index (χ0) is 14.8. The van der Waals surface area contributed by atoms with Gasteiger partial charge in [-0.3, -0.25) is 4.98 Å². The Hall–Kier alpha value is -2.61. The lowest BCUT2D eigenvalue weighted by atomic mass is 10.3. The fourth-order valence-corrected chi connectivity index (χ4v) is 2.37. The minimum atomic E-state index is -1.16. The molecular formula is C13H12N4O3S. The molecule has 0 aliphatic heterocycles. The van der Waals surface area contributed by atoms with Gasteiger partial charge in [-0.1, -0.05) is 6.07 Å². The van der Waals surface area contributed by atoms with E-state index in [0.29, 0.717) is 28.4 Å². The largest absolute Gasteiger partial charge is 0.455 e. The van der Waals surface area contributed by atoms with E-state index in [1.165, 1.54) is 0 Å². The first-order valence-electron chi connectivity index (χ1n) is 6.07. The Kier molecular flexibility index (Phi) is 3.44. The summed E-state index contributed by atoms with van der Waals surface area (Å²) in [5, 5.41) is 0. The number of nitrogens with one attached hydrogen (secondary N) is 3. The van der Waals surface area contributed by atoms with Crippen LogP contribution < -0.4 is 15.1 Å². The molecule has 0 amide bonds. The number of benzene rings is 1. The van der Waals surface area contributed by atoms with Crippen LogP contribution >= 0.6 is 0 Å². The Balaban J connectivity index is 1.95. The number of H-pyrrole nitrogens is 2. The van der Waals surface area contributed by atoms with E-state index in [0.717, 1.165) is 0 Å². The van der Waals surface area contributed by atoms with Crippen molar-refractivity contribution in [3.8, 4) is 11.5 Å². The molecule has 3 N–H and O–H groups in total. The van der Waals surface area contributed by atoms with E-state index in [1.54, 1.807) is 42.8 Å². The van der Waals surface area contributed by atoms with Gasteiger partial charge < -0.3 is 14.4 Å². The van der Waals surface area contributed by atoms with Gasteiger partial charge in [0, 0.05) is 30.3 Å². The Morgan fingerprint density at radius 2 is 2.14 bits per heavy atom. The van der Waals surface area contributed by atoms with Crippen LogP contribution in [0.15, 0.2) is 41.3 Å². The van der Waals surface area contributed by atoms with Crippen molar-refractivity contribution < 1.29 is 8.95 Å². The molecule has 108 valence electrons. The smallest absolute Gasteiger partial charge is 0.325 e. The minimum absolute atomic E-state index is 0.342. The first kappa shape index (κ1) is 13.4. The summed E-state index contributed by atoms with van der Waals surface area (Å²) < 4.78 is 19.7. The number of anilines is 1. The SMILES string of the molecule is CS(=O)Nc1cccc(Oc2ccnc3[nH]c(=O)[nH]c23)c1. The van der Waals surface area contributed by atoms with Crippen molar-refractivity contribution in [2.45, 2.75) is 0 Å². The lowest BCUT2D eigenvalue weighted by molar-refractivity contribution is 0.487. The predicted octanol–water partition coefficient (Wildman–Crippen LogP) is 1.75. The number of pyridine rings is 1. The molecule has 0 spiro atoms. The average Bonchev–Trinajstić information content (AvgIpc) is 2.80. The summed E-state index contributed by atoms with van der Waals surface area (Å²) in [6.45, 7) is 0. The third kappa shape index (κ3) is 2.95. The number of hydrogen-bond donors (Lipinski definition) is 3. The fourth-order valence-electron chi connectivity index (χ4n) is 1.91. The lowest BCUT2D eigenvalue weighted by Gasteiger charge is -2.08. The highest BCUT2D eigenvalue weighted by Crippen LogP contribution is 2.27. The van der Waals surface area contributed by atoms with E-state index in [2.05, 4.69) is 19.7 Å². The maximum Gasteiger partial charge on any atom is 0.325 e. The van der Waals surface area contributed by atoms with Crippen molar-refractivity contribution in [3.63, 3.8) is 0 Å². The van der Waals surface area contributed by atoms with Gasteiger partial charge in [-0.15, -0.1) is 0 Å². The molecule has 8 heteroatoms. The Labute approximate surface area is 122 Å². The lowest BCUT2D eigenvalue weighted by Crippen LogP contribution is -2.01. The minimum Gasteiger partial charge on any atom is -0.455 e.